The minimum Gasteiger partial charge on any atom is -0.550 e. The molecule has 0 atom stereocenters. The lowest BCUT2D eigenvalue weighted by Gasteiger charge is -2.18. The van der Waals surface area contributed by atoms with Gasteiger partial charge in [-0.3, -0.25) is 0 Å². The standard InChI is InChI=1S/C15H23NO2/c1-15(2,3)13-8-6-12(7-9-13)11-16-10-4-5-14(17)18/h6-9,16H,4-5,10-11H2,1-3H3,(H,17,18). The molecule has 0 amide bonds. The minimum absolute atomic E-state index is 0.152. The lowest BCUT2D eigenvalue weighted by Crippen LogP contribution is -2.82. The minimum atomic E-state index is -0.960. The fraction of sp³-hybridized carbons (Fsp3) is 0.533. The second kappa shape index (κ2) is 6.55. The first-order valence-corrected chi connectivity index (χ1v) is 6.50. The van der Waals surface area contributed by atoms with E-state index in [4.69, 9.17) is 0 Å². The first-order valence-electron chi connectivity index (χ1n) is 6.50. The maximum Gasteiger partial charge on any atom is 0.101 e. The Labute approximate surface area is 109 Å². The molecule has 0 saturated carbocycles. The van der Waals surface area contributed by atoms with Crippen LogP contribution in [0.15, 0.2) is 24.3 Å². The summed E-state index contributed by atoms with van der Waals surface area (Å²) in [6.07, 6.45) is 0.821. The number of carboxylic acids is 1. The van der Waals surface area contributed by atoms with E-state index in [1.165, 1.54) is 11.1 Å². The predicted molar refractivity (Wildman–Crippen MR) is 69.9 cm³/mol. The van der Waals surface area contributed by atoms with Crippen LogP contribution in [-0.4, -0.2) is 12.5 Å². The van der Waals surface area contributed by atoms with Crippen molar-refractivity contribution in [2.75, 3.05) is 6.54 Å². The number of hydrogen-bond acceptors (Lipinski definition) is 2. The van der Waals surface area contributed by atoms with Gasteiger partial charge in [0.05, 0.1) is 6.54 Å². The van der Waals surface area contributed by atoms with Gasteiger partial charge in [-0.2, -0.15) is 0 Å². The molecule has 1 aromatic rings. The highest BCUT2D eigenvalue weighted by molar-refractivity contribution is 5.64. The fourth-order valence-electron chi connectivity index (χ4n) is 1.80. The van der Waals surface area contributed by atoms with Gasteiger partial charge in [0, 0.05) is 18.0 Å². The summed E-state index contributed by atoms with van der Waals surface area (Å²) < 4.78 is 0. The van der Waals surface area contributed by atoms with Crippen LogP contribution < -0.4 is 10.4 Å². The van der Waals surface area contributed by atoms with Gasteiger partial charge in [0.15, 0.2) is 0 Å². The Hall–Kier alpha value is -1.35. The zero-order chi connectivity index (χ0) is 13.6. The molecule has 3 heteroatoms. The number of rotatable bonds is 6. The van der Waals surface area contributed by atoms with Crippen molar-refractivity contribution < 1.29 is 15.2 Å². The molecule has 0 unspecified atom stereocenters. The molecule has 1 rings (SSSR count). The average molecular weight is 249 g/mol. The molecule has 0 aromatic heterocycles. The first-order chi connectivity index (χ1) is 8.39. The van der Waals surface area contributed by atoms with Gasteiger partial charge in [0.2, 0.25) is 0 Å². The molecule has 0 spiro atoms. The van der Waals surface area contributed by atoms with E-state index in [9.17, 15) is 9.90 Å². The molecule has 0 radical (unpaired) electrons. The number of aliphatic carboxylic acids is 1. The molecule has 0 bridgehead atoms. The number of nitrogens with two attached hydrogens (primary N) is 1. The second-order valence-corrected chi connectivity index (χ2v) is 5.70. The van der Waals surface area contributed by atoms with Crippen molar-refractivity contribution in [1.29, 1.82) is 0 Å². The van der Waals surface area contributed by atoms with Crippen LogP contribution >= 0.6 is 0 Å². The van der Waals surface area contributed by atoms with Crippen molar-refractivity contribution in [2.45, 2.75) is 45.6 Å². The van der Waals surface area contributed by atoms with Crippen molar-refractivity contribution in [3.05, 3.63) is 35.4 Å². The van der Waals surface area contributed by atoms with E-state index in [-0.39, 0.29) is 11.8 Å². The largest absolute Gasteiger partial charge is 0.550 e. The second-order valence-electron chi connectivity index (χ2n) is 5.70. The van der Waals surface area contributed by atoms with Gasteiger partial charge in [-0.05, 0) is 17.4 Å². The molecular formula is C15H23NO2. The van der Waals surface area contributed by atoms with Gasteiger partial charge in [0.25, 0.3) is 0 Å². The lowest BCUT2D eigenvalue weighted by molar-refractivity contribution is -0.670. The fourth-order valence-corrected chi connectivity index (χ4v) is 1.80. The molecular weight excluding hydrogens is 226 g/mol. The van der Waals surface area contributed by atoms with Crippen LogP contribution in [0.25, 0.3) is 0 Å². The summed E-state index contributed by atoms with van der Waals surface area (Å²) in [6.45, 7) is 8.34. The van der Waals surface area contributed by atoms with Crippen molar-refractivity contribution >= 4 is 5.97 Å². The van der Waals surface area contributed by atoms with Crippen molar-refractivity contribution in [3.63, 3.8) is 0 Å². The monoisotopic (exact) mass is 249 g/mol. The smallest absolute Gasteiger partial charge is 0.101 e. The molecule has 0 fully saturated rings. The van der Waals surface area contributed by atoms with E-state index < -0.39 is 5.97 Å². The summed E-state index contributed by atoms with van der Waals surface area (Å²) in [5.74, 6) is -0.960. The third kappa shape index (κ3) is 5.32. The number of carbonyl (C=O) groups is 1. The Morgan fingerprint density at radius 2 is 1.83 bits per heavy atom. The molecule has 18 heavy (non-hydrogen) atoms. The number of carbonyl (C=O) groups excluding carboxylic acids is 1. The summed E-state index contributed by atoms with van der Waals surface area (Å²) in [4.78, 5) is 10.2. The first kappa shape index (κ1) is 14.7. The maximum absolute atomic E-state index is 10.2. The summed E-state index contributed by atoms with van der Waals surface area (Å²) in [7, 11) is 0. The van der Waals surface area contributed by atoms with E-state index in [1.807, 2.05) is 0 Å². The molecule has 1 aromatic carbocycles. The highest BCUT2D eigenvalue weighted by Gasteiger charge is 2.12. The molecule has 0 saturated heterocycles. The van der Waals surface area contributed by atoms with Crippen molar-refractivity contribution in [2.24, 2.45) is 0 Å². The van der Waals surface area contributed by atoms with Crippen LogP contribution in [-0.2, 0) is 16.8 Å². The number of quaternary nitrogens is 1. The highest BCUT2D eigenvalue weighted by Crippen LogP contribution is 2.21. The van der Waals surface area contributed by atoms with Crippen LogP contribution in [0.3, 0.4) is 0 Å². The van der Waals surface area contributed by atoms with Gasteiger partial charge in [-0.25, -0.2) is 0 Å². The van der Waals surface area contributed by atoms with E-state index in [2.05, 4.69) is 50.4 Å². The van der Waals surface area contributed by atoms with E-state index >= 15 is 0 Å². The normalized spacial score (nSPS) is 11.5. The van der Waals surface area contributed by atoms with Gasteiger partial charge >= 0.3 is 0 Å². The van der Waals surface area contributed by atoms with Gasteiger partial charge in [-0.15, -0.1) is 0 Å². The zero-order valence-electron chi connectivity index (χ0n) is 11.5. The van der Waals surface area contributed by atoms with Crippen molar-refractivity contribution in [1.82, 2.24) is 0 Å². The number of carboxylic acid groups (broad SMARTS) is 1. The summed E-state index contributed by atoms with van der Waals surface area (Å²) >= 11 is 0. The van der Waals surface area contributed by atoms with E-state index in [0.29, 0.717) is 6.42 Å². The topological polar surface area (TPSA) is 56.7 Å². The van der Waals surface area contributed by atoms with Crippen molar-refractivity contribution in [3.8, 4) is 0 Å². The summed E-state index contributed by atoms with van der Waals surface area (Å²) in [5.41, 5.74) is 2.80. The number of benzene rings is 1. The van der Waals surface area contributed by atoms with Crippen LogP contribution in [0.4, 0.5) is 0 Å². The Balaban J connectivity index is 2.33. The molecule has 100 valence electrons. The Kier molecular flexibility index (Phi) is 5.35. The maximum atomic E-state index is 10.2. The molecule has 2 N–H and O–H groups in total. The Morgan fingerprint density at radius 3 is 2.33 bits per heavy atom. The molecule has 0 heterocycles. The third-order valence-electron chi connectivity index (χ3n) is 2.99. The predicted octanol–water partition coefficient (Wildman–Crippen LogP) is 0.578. The molecule has 0 aliphatic heterocycles. The Morgan fingerprint density at radius 1 is 1.22 bits per heavy atom. The summed E-state index contributed by atoms with van der Waals surface area (Å²) in [5, 5.41) is 12.4. The molecule has 0 aliphatic rings. The quantitative estimate of drug-likeness (QED) is 0.750. The Bertz CT molecular complexity index is 376. The molecule has 0 aliphatic carbocycles. The SMILES string of the molecule is CC(C)(C)c1ccc(C[NH2+]CCCC(=O)[O-])cc1. The summed E-state index contributed by atoms with van der Waals surface area (Å²) in [6, 6.07) is 8.64. The van der Waals surface area contributed by atoms with E-state index in [0.717, 1.165) is 13.1 Å². The zero-order valence-corrected chi connectivity index (χ0v) is 11.5. The van der Waals surface area contributed by atoms with Crippen LogP contribution in [0, 0.1) is 0 Å². The molecule has 3 nitrogen and oxygen atoms in total. The van der Waals surface area contributed by atoms with Crippen LogP contribution in [0.2, 0.25) is 0 Å². The van der Waals surface area contributed by atoms with Gasteiger partial charge in [0.1, 0.15) is 6.54 Å². The third-order valence-corrected chi connectivity index (χ3v) is 2.99. The van der Waals surface area contributed by atoms with Gasteiger partial charge in [-0.1, -0.05) is 45.0 Å². The van der Waals surface area contributed by atoms with Crippen LogP contribution in [0.5, 0.6) is 0 Å². The highest BCUT2D eigenvalue weighted by atomic mass is 16.4. The van der Waals surface area contributed by atoms with E-state index in [1.54, 1.807) is 0 Å². The average Bonchev–Trinajstić information content (AvgIpc) is 2.27. The van der Waals surface area contributed by atoms with Gasteiger partial charge < -0.3 is 15.2 Å². The van der Waals surface area contributed by atoms with Crippen LogP contribution in [0.1, 0.15) is 44.7 Å². The lowest BCUT2D eigenvalue weighted by atomic mass is 9.87. The number of hydrogen-bond donors (Lipinski definition) is 1.